The molecule has 0 saturated heterocycles. The minimum atomic E-state index is -0.543. The van der Waals surface area contributed by atoms with Crippen molar-refractivity contribution in [2.75, 3.05) is 31.4 Å². The summed E-state index contributed by atoms with van der Waals surface area (Å²) in [7, 11) is 3.31. The molecular formula is C10H16N6O3. The number of nitrogens with zero attached hydrogens (tertiary/aromatic N) is 3. The van der Waals surface area contributed by atoms with Gasteiger partial charge in [0.25, 0.3) is 5.69 Å². The van der Waals surface area contributed by atoms with Crippen LogP contribution < -0.4 is 16.6 Å². The minimum Gasteiger partial charge on any atom is -0.369 e. The van der Waals surface area contributed by atoms with E-state index in [1.54, 1.807) is 14.1 Å². The maximum Gasteiger partial charge on any atom is 0.276 e. The molecule has 0 fully saturated rings. The molecule has 1 amide bonds. The fourth-order valence-corrected chi connectivity index (χ4v) is 1.31. The van der Waals surface area contributed by atoms with Gasteiger partial charge in [-0.1, -0.05) is 0 Å². The van der Waals surface area contributed by atoms with E-state index in [2.05, 4.69) is 15.7 Å². The van der Waals surface area contributed by atoms with Gasteiger partial charge in [-0.3, -0.25) is 14.9 Å². The molecular weight excluding hydrogens is 252 g/mol. The van der Waals surface area contributed by atoms with Gasteiger partial charge in [-0.2, -0.15) is 0 Å². The number of anilines is 2. The quantitative estimate of drug-likeness (QED) is 0.381. The molecule has 19 heavy (non-hydrogen) atoms. The summed E-state index contributed by atoms with van der Waals surface area (Å²) in [4.78, 5) is 27.0. The number of carbonyl (C=O) groups excluding carboxylic acids is 1. The maximum absolute atomic E-state index is 11.4. The van der Waals surface area contributed by atoms with E-state index in [4.69, 9.17) is 5.84 Å². The number of hydrogen-bond donors (Lipinski definition) is 3. The van der Waals surface area contributed by atoms with Gasteiger partial charge in [0, 0.05) is 27.1 Å². The summed E-state index contributed by atoms with van der Waals surface area (Å²) >= 11 is 0. The number of hydrogen-bond acceptors (Lipinski definition) is 7. The van der Waals surface area contributed by atoms with Crippen LogP contribution in [0.15, 0.2) is 12.1 Å². The number of nitrogens with two attached hydrogens (primary N) is 1. The van der Waals surface area contributed by atoms with Crippen LogP contribution in [0.2, 0.25) is 0 Å². The molecule has 0 aliphatic carbocycles. The highest BCUT2D eigenvalue weighted by molar-refractivity contribution is 5.76. The molecule has 0 aliphatic heterocycles. The van der Waals surface area contributed by atoms with Crippen LogP contribution in [0.1, 0.15) is 6.42 Å². The van der Waals surface area contributed by atoms with Crippen LogP contribution >= 0.6 is 0 Å². The van der Waals surface area contributed by atoms with Gasteiger partial charge in [-0.15, -0.1) is 0 Å². The second kappa shape index (κ2) is 6.50. The first kappa shape index (κ1) is 14.6. The first-order valence-electron chi connectivity index (χ1n) is 5.51. The van der Waals surface area contributed by atoms with Crippen LogP contribution in [0.25, 0.3) is 0 Å². The molecule has 1 aromatic heterocycles. The van der Waals surface area contributed by atoms with E-state index in [1.807, 2.05) is 0 Å². The number of hydrazine groups is 1. The van der Waals surface area contributed by atoms with Crippen molar-refractivity contribution in [3.8, 4) is 0 Å². The van der Waals surface area contributed by atoms with Gasteiger partial charge >= 0.3 is 0 Å². The summed E-state index contributed by atoms with van der Waals surface area (Å²) in [5.41, 5.74) is 2.11. The minimum absolute atomic E-state index is 0.0462. The molecule has 0 aromatic carbocycles. The van der Waals surface area contributed by atoms with Gasteiger partial charge in [0.05, 0.1) is 17.1 Å². The van der Waals surface area contributed by atoms with Crippen molar-refractivity contribution in [3.05, 3.63) is 22.2 Å². The molecule has 0 radical (unpaired) electrons. The fourth-order valence-electron chi connectivity index (χ4n) is 1.31. The molecule has 4 N–H and O–H groups in total. The maximum atomic E-state index is 11.4. The van der Waals surface area contributed by atoms with Gasteiger partial charge < -0.3 is 15.6 Å². The first-order valence-corrected chi connectivity index (χ1v) is 5.51. The SMILES string of the molecule is CN(C)C(=O)CCNc1cc([N+](=O)[O-])cc(NN)n1. The molecule has 1 heterocycles. The van der Waals surface area contributed by atoms with Crippen LogP contribution in [0.3, 0.4) is 0 Å². The van der Waals surface area contributed by atoms with Crippen LogP contribution in [0.5, 0.6) is 0 Å². The first-order chi connectivity index (χ1) is 8.93. The molecule has 9 nitrogen and oxygen atoms in total. The molecule has 104 valence electrons. The van der Waals surface area contributed by atoms with Crippen molar-refractivity contribution in [2.45, 2.75) is 6.42 Å². The third-order valence-electron chi connectivity index (χ3n) is 2.31. The third-order valence-corrected chi connectivity index (χ3v) is 2.31. The van der Waals surface area contributed by atoms with E-state index in [0.29, 0.717) is 6.54 Å². The summed E-state index contributed by atoms with van der Waals surface area (Å²) < 4.78 is 0. The van der Waals surface area contributed by atoms with E-state index in [1.165, 1.54) is 17.0 Å². The summed E-state index contributed by atoms with van der Waals surface area (Å²) in [5, 5.41) is 13.6. The van der Waals surface area contributed by atoms with Gasteiger partial charge in [0.1, 0.15) is 11.6 Å². The summed E-state index contributed by atoms with van der Waals surface area (Å²) in [6.07, 6.45) is 0.267. The lowest BCUT2D eigenvalue weighted by atomic mass is 10.3. The standard InChI is InChI=1S/C10H16N6O3/c1-15(2)10(17)3-4-12-8-5-7(16(18)19)6-9(13-8)14-11/h5-6H,3-4,11H2,1-2H3,(H2,12,13,14). The summed E-state index contributed by atoms with van der Waals surface area (Å²) in [5.74, 6) is 5.60. The van der Waals surface area contributed by atoms with Crippen molar-refractivity contribution in [1.82, 2.24) is 9.88 Å². The average molecular weight is 268 g/mol. The summed E-state index contributed by atoms with van der Waals surface area (Å²) in [6, 6.07) is 2.50. The highest BCUT2D eigenvalue weighted by atomic mass is 16.6. The van der Waals surface area contributed by atoms with Crippen LogP contribution in [0, 0.1) is 10.1 Å². The van der Waals surface area contributed by atoms with Crippen molar-refractivity contribution >= 4 is 23.2 Å². The van der Waals surface area contributed by atoms with Gasteiger partial charge in [0.15, 0.2) is 0 Å². The molecule has 0 atom stereocenters. The lowest BCUT2D eigenvalue weighted by Crippen LogP contribution is -2.24. The zero-order chi connectivity index (χ0) is 14.4. The Kier molecular flexibility index (Phi) is 5.01. The molecule has 0 spiro atoms. The van der Waals surface area contributed by atoms with E-state index >= 15 is 0 Å². The molecule has 0 unspecified atom stereocenters. The zero-order valence-corrected chi connectivity index (χ0v) is 10.7. The Labute approximate surface area is 109 Å². The van der Waals surface area contributed by atoms with Crippen LogP contribution in [0.4, 0.5) is 17.3 Å². The normalized spacial score (nSPS) is 9.84. The van der Waals surface area contributed by atoms with E-state index in [9.17, 15) is 14.9 Å². The Balaban J connectivity index is 2.70. The van der Waals surface area contributed by atoms with Gasteiger partial charge in [0.2, 0.25) is 5.91 Å². The Morgan fingerprint density at radius 1 is 1.47 bits per heavy atom. The Morgan fingerprint density at radius 2 is 2.11 bits per heavy atom. The number of amides is 1. The molecule has 0 bridgehead atoms. The average Bonchev–Trinajstić information content (AvgIpc) is 2.37. The zero-order valence-electron chi connectivity index (χ0n) is 10.7. The van der Waals surface area contributed by atoms with E-state index in [-0.39, 0.29) is 29.7 Å². The predicted molar refractivity (Wildman–Crippen MR) is 70.5 cm³/mol. The number of aromatic nitrogens is 1. The lowest BCUT2D eigenvalue weighted by molar-refractivity contribution is -0.384. The Hall–Kier alpha value is -2.42. The van der Waals surface area contributed by atoms with E-state index in [0.717, 1.165) is 0 Å². The van der Waals surface area contributed by atoms with Crippen LogP contribution in [-0.4, -0.2) is 41.4 Å². The number of rotatable bonds is 6. The number of pyridine rings is 1. The number of carbonyl (C=O) groups is 1. The summed E-state index contributed by atoms with van der Waals surface area (Å²) in [6.45, 7) is 0.329. The predicted octanol–water partition coefficient (Wildman–Crippen LogP) is 0.166. The highest BCUT2D eigenvalue weighted by Crippen LogP contribution is 2.19. The number of nitrogens with one attached hydrogen (secondary N) is 2. The molecule has 1 rings (SSSR count). The Bertz CT molecular complexity index is 476. The number of nitrogen functional groups attached to an aromatic ring is 1. The molecule has 9 heteroatoms. The smallest absolute Gasteiger partial charge is 0.276 e. The van der Waals surface area contributed by atoms with Crippen molar-refractivity contribution < 1.29 is 9.72 Å². The topological polar surface area (TPSA) is 126 Å². The molecule has 0 aliphatic rings. The van der Waals surface area contributed by atoms with Crippen molar-refractivity contribution in [3.63, 3.8) is 0 Å². The van der Waals surface area contributed by atoms with E-state index < -0.39 is 4.92 Å². The Morgan fingerprint density at radius 3 is 2.63 bits per heavy atom. The monoisotopic (exact) mass is 268 g/mol. The van der Waals surface area contributed by atoms with Crippen LogP contribution in [-0.2, 0) is 4.79 Å². The van der Waals surface area contributed by atoms with Crippen molar-refractivity contribution in [2.24, 2.45) is 5.84 Å². The highest BCUT2D eigenvalue weighted by Gasteiger charge is 2.11. The second-order valence-electron chi connectivity index (χ2n) is 3.96. The third kappa shape index (κ3) is 4.39. The molecule has 0 saturated carbocycles. The van der Waals surface area contributed by atoms with Gasteiger partial charge in [-0.25, -0.2) is 10.8 Å². The fraction of sp³-hybridized carbons (Fsp3) is 0.400. The van der Waals surface area contributed by atoms with Crippen molar-refractivity contribution in [1.29, 1.82) is 0 Å². The lowest BCUT2D eigenvalue weighted by Gasteiger charge is -2.11. The molecule has 1 aromatic rings. The largest absolute Gasteiger partial charge is 0.369 e. The van der Waals surface area contributed by atoms with Gasteiger partial charge in [-0.05, 0) is 0 Å². The number of nitro groups is 1. The second-order valence-corrected chi connectivity index (χ2v) is 3.96.